The second-order valence-electron chi connectivity index (χ2n) is 7.47. The summed E-state index contributed by atoms with van der Waals surface area (Å²) in [5, 5.41) is 3.38. The van der Waals surface area contributed by atoms with Gasteiger partial charge in [0.15, 0.2) is 0 Å². The van der Waals surface area contributed by atoms with Crippen molar-refractivity contribution >= 4 is 11.6 Å². The number of anilines is 2. The fourth-order valence-corrected chi connectivity index (χ4v) is 3.61. The largest absolute Gasteiger partial charge is 0.496 e. The molecule has 3 aromatic rings. The predicted molar refractivity (Wildman–Crippen MR) is 120 cm³/mol. The third-order valence-electron chi connectivity index (χ3n) is 5.43. The molecule has 1 aromatic carbocycles. The number of nitrogens with zero attached hydrogens (tertiary/aromatic N) is 5. The van der Waals surface area contributed by atoms with Gasteiger partial charge in [-0.25, -0.2) is 15.0 Å². The number of rotatable bonds is 7. The Morgan fingerprint density at radius 3 is 2.60 bits per heavy atom. The van der Waals surface area contributed by atoms with E-state index in [1.165, 1.54) is 5.56 Å². The summed E-state index contributed by atoms with van der Waals surface area (Å²) in [7, 11) is 3.86. The van der Waals surface area contributed by atoms with Crippen LogP contribution in [0.4, 0.5) is 11.6 Å². The van der Waals surface area contributed by atoms with Gasteiger partial charge in [-0.3, -0.25) is 0 Å². The second-order valence-corrected chi connectivity index (χ2v) is 7.47. The van der Waals surface area contributed by atoms with Gasteiger partial charge in [0, 0.05) is 50.6 Å². The van der Waals surface area contributed by atoms with Crippen LogP contribution in [0.1, 0.15) is 5.56 Å². The van der Waals surface area contributed by atoms with E-state index in [1.807, 2.05) is 30.5 Å². The first kappa shape index (κ1) is 20.1. The molecule has 0 saturated carbocycles. The molecule has 0 aliphatic carbocycles. The summed E-state index contributed by atoms with van der Waals surface area (Å²) < 4.78 is 5.42. The Bertz CT molecular complexity index is 954. The number of likely N-dealkylation sites (N-methyl/N-ethyl adjacent to an activating group) is 1. The molecule has 1 aliphatic rings. The van der Waals surface area contributed by atoms with E-state index < -0.39 is 0 Å². The summed E-state index contributed by atoms with van der Waals surface area (Å²) in [6.07, 6.45) is 4.34. The molecule has 156 valence electrons. The maximum absolute atomic E-state index is 5.42. The molecule has 0 spiro atoms. The van der Waals surface area contributed by atoms with E-state index in [2.05, 4.69) is 55.3 Å². The summed E-state index contributed by atoms with van der Waals surface area (Å²) >= 11 is 0. The first-order valence-corrected chi connectivity index (χ1v) is 10.3. The Kier molecular flexibility index (Phi) is 6.39. The molecule has 1 N–H and O–H groups in total. The molecular formula is C23H28N6O. The molecule has 1 fully saturated rings. The maximum Gasteiger partial charge on any atom is 0.129 e. The molecule has 0 atom stereocenters. The summed E-state index contributed by atoms with van der Waals surface area (Å²) in [4.78, 5) is 18.1. The van der Waals surface area contributed by atoms with E-state index in [-0.39, 0.29) is 0 Å². The minimum absolute atomic E-state index is 0.761. The van der Waals surface area contributed by atoms with E-state index in [9.17, 15) is 0 Å². The molecule has 7 heteroatoms. The van der Waals surface area contributed by atoms with Crippen molar-refractivity contribution < 1.29 is 4.74 Å². The van der Waals surface area contributed by atoms with Crippen LogP contribution in [-0.2, 0) is 6.42 Å². The van der Waals surface area contributed by atoms with Gasteiger partial charge in [0.2, 0.25) is 0 Å². The average molecular weight is 405 g/mol. The smallest absolute Gasteiger partial charge is 0.129 e. The fourth-order valence-electron chi connectivity index (χ4n) is 3.61. The molecule has 7 nitrogen and oxygen atoms in total. The number of hydrogen-bond donors (Lipinski definition) is 1. The maximum atomic E-state index is 5.42. The fraction of sp³-hybridized carbons (Fsp3) is 0.348. The third kappa shape index (κ3) is 4.86. The minimum Gasteiger partial charge on any atom is -0.496 e. The Morgan fingerprint density at radius 2 is 1.83 bits per heavy atom. The van der Waals surface area contributed by atoms with Crippen molar-refractivity contribution in [1.29, 1.82) is 0 Å². The zero-order chi connectivity index (χ0) is 20.8. The van der Waals surface area contributed by atoms with Crippen LogP contribution in [0.15, 0.2) is 55.0 Å². The Morgan fingerprint density at radius 1 is 1.00 bits per heavy atom. The van der Waals surface area contributed by atoms with Crippen LogP contribution in [0, 0.1) is 0 Å². The Hall–Kier alpha value is -3.19. The van der Waals surface area contributed by atoms with Gasteiger partial charge in [-0.1, -0.05) is 18.2 Å². The summed E-state index contributed by atoms with van der Waals surface area (Å²) in [6, 6.07) is 14.2. The molecule has 4 rings (SSSR count). The first-order chi connectivity index (χ1) is 14.7. The molecule has 0 amide bonds. The lowest BCUT2D eigenvalue weighted by Crippen LogP contribution is -2.44. The quantitative estimate of drug-likeness (QED) is 0.649. The number of methoxy groups -OCH3 is 1. The molecule has 0 bridgehead atoms. The molecule has 0 unspecified atom stereocenters. The van der Waals surface area contributed by atoms with Gasteiger partial charge in [-0.15, -0.1) is 0 Å². The van der Waals surface area contributed by atoms with E-state index in [0.29, 0.717) is 0 Å². The zero-order valence-corrected chi connectivity index (χ0v) is 17.6. The van der Waals surface area contributed by atoms with Crippen LogP contribution in [0.2, 0.25) is 0 Å². The highest BCUT2D eigenvalue weighted by atomic mass is 16.5. The van der Waals surface area contributed by atoms with Crippen LogP contribution >= 0.6 is 0 Å². The van der Waals surface area contributed by atoms with E-state index in [0.717, 1.165) is 67.8 Å². The van der Waals surface area contributed by atoms with Crippen LogP contribution in [0.3, 0.4) is 0 Å². The lowest BCUT2D eigenvalue weighted by atomic mass is 10.1. The van der Waals surface area contributed by atoms with Crippen molar-refractivity contribution in [3.05, 3.63) is 60.6 Å². The van der Waals surface area contributed by atoms with Crippen molar-refractivity contribution in [1.82, 2.24) is 19.9 Å². The number of ether oxygens (including phenoxy) is 1. The lowest BCUT2D eigenvalue weighted by Gasteiger charge is -2.33. The van der Waals surface area contributed by atoms with E-state index in [4.69, 9.17) is 4.74 Å². The van der Waals surface area contributed by atoms with Crippen molar-refractivity contribution in [2.75, 3.05) is 57.1 Å². The highest BCUT2D eigenvalue weighted by molar-refractivity contribution is 5.62. The molecule has 1 saturated heterocycles. The Labute approximate surface area is 177 Å². The van der Waals surface area contributed by atoms with Crippen LogP contribution in [0.25, 0.3) is 11.3 Å². The number of hydrogen-bond acceptors (Lipinski definition) is 7. The summed E-state index contributed by atoms with van der Waals surface area (Å²) in [5.74, 6) is 2.74. The topological polar surface area (TPSA) is 66.4 Å². The summed E-state index contributed by atoms with van der Waals surface area (Å²) in [5.41, 5.74) is 3.02. The molecule has 3 heterocycles. The van der Waals surface area contributed by atoms with Gasteiger partial charge in [0.1, 0.15) is 23.7 Å². The number of nitrogens with one attached hydrogen (secondary N) is 1. The van der Waals surface area contributed by atoms with Crippen LogP contribution in [0.5, 0.6) is 5.75 Å². The Balaban J connectivity index is 1.38. The van der Waals surface area contributed by atoms with Crippen molar-refractivity contribution in [2.45, 2.75) is 6.42 Å². The molecule has 1 aliphatic heterocycles. The molecule has 2 aromatic heterocycles. The van der Waals surface area contributed by atoms with E-state index in [1.54, 1.807) is 13.4 Å². The van der Waals surface area contributed by atoms with Crippen molar-refractivity contribution in [3.8, 4) is 17.0 Å². The van der Waals surface area contributed by atoms with Gasteiger partial charge >= 0.3 is 0 Å². The molecular weight excluding hydrogens is 376 g/mol. The molecule has 30 heavy (non-hydrogen) atoms. The van der Waals surface area contributed by atoms with Crippen LogP contribution in [-0.4, -0.2) is 66.7 Å². The normalized spacial score (nSPS) is 14.5. The SMILES string of the molecule is COc1ccccc1CCNc1cc(-c2ccc(N3CCN(C)CC3)nc2)ncn1. The van der Waals surface area contributed by atoms with Crippen molar-refractivity contribution in [3.63, 3.8) is 0 Å². The van der Waals surface area contributed by atoms with E-state index >= 15 is 0 Å². The third-order valence-corrected chi connectivity index (χ3v) is 5.43. The highest BCUT2D eigenvalue weighted by Crippen LogP contribution is 2.22. The lowest BCUT2D eigenvalue weighted by molar-refractivity contribution is 0.312. The highest BCUT2D eigenvalue weighted by Gasteiger charge is 2.15. The molecule has 0 radical (unpaired) electrons. The number of benzene rings is 1. The monoisotopic (exact) mass is 404 g/mol. The number of para-hydroxylation sites is 1. The number of piperazine rings is 1. The standard InChI is InChI=1S/C23H28N6O/c1-28-11-13-29(14-12-28)23-8-7-19(16-25-23)20-15-22(27-17-26-20)24-10-9-18-5-3-4-6-21(18)30-2/h3-8,15-17H,9-14H2,1-2H3,(H,24,26,27). The average Bonchev–Trinajstić information content (AvgIpc) is 2.80. The first-order valence-electron chi connectivity index (χ1n) is 10.3. The zero-order valence-electron chi connectivity index (χ0n) is 17.6. The second kappa shape index (κ2) is 9.54. The van der Waals surface area contributed by atoms with Gasteiger partial charge in [-0.05, 0) is 37.2 Å². The van der Waals surface area contributed by atoms with Crippen LogP contribution < -0.4 is 15.0 Å². The van der Waals surface area contributed by atoms with Gasteiger partial charge in [0.05, 0.1) is 12.8 Å². The number of pyridine rings is 1. The van der Waals surface area contributed by atoms with Crippen molar-refractivity contribution in [2.24, 2.45) is 0 Å². The van der Waals surface area contributed by atoms with Gasteiger partial charge in [0.25, 0.3) is 0 Å². The minimum atomic E-state index is 0.761. The summed E-state index contributed by atoms with van der Waals surface area (Å²) in [6.45, 7) is 4.92. The predicted octanol–water partition coefficient (Wildman–Crippen LogP) is 2.95. The van der Waals surface area contributed by atoms with Gasteiger partial charge < -0.3 is 19.9 Å². The number of aromatic nitrogens is 3. The van der Waals surface area contributed by atoms with Gasteiger partial charge in [-0.2, -0.15) is 0 Å².